The lowest BCUT2D eigenvalue weighted by Crippen LogP contribution is -2.24. The predicted molar refractivity (Wildman–Crippen MR) is 55.4 cm³/mol. The number of hydrogen-bond donors (Lipinski definition) is 3. The summed E-state index contributed by atoms with van der Waals surface area (Å²) in [6.07, 6.45) is -0.0756. The van der Waals surface area contributed by atoms with E-state index in [4.69, 9.17) is 9.84 Å². The fraction of sp³-hybridized carbons (Fsp3) is 0.444. The standard InChI is InChI=1S/C9H13N3O4/c1-9(2,3)16-7(13)5-4-10-12-6(5)11-8(14)15/h4H,1-3H3,(H,14,15)(H2,10,11,12). The molecule has 3 N–H and O–H groups in total. The molecule has 16 heavy (non-hydrogen) atoms. The van der Waals surface area contributed by atoms with Crippen molar-refractivity contribution in [3.8, 4) is 0 Å². The Bertz CT molecular complexity index is 405. The second kappa shape index (κ2) is 4.21. The molecule has 7 heteroatoms. The third kappa shape index (κ3) is 3.26. The highest BCUT2D eigenvalue weighted by Gasteiger charge is 2.22. The average molecular weight is 227 g/mol. The minimum absolute atomic E-state index is 0.00162. The van der Waals surface area contributed by atoms with Gasteiger partial charge in [-0.3, -0.25) is 10.4 Å². The average Bonchev–Trinajstić information content (AvgIpc) is 2.47. The van der Waals surface area contributed by atoms with Gasteiger partial charge in [0.15, 0.2) is 0 Å². The van der Waals surface area contributed by atoms with Crippen LogP contribution in [0.1, 0.15) is 31.1 Å². The van der Waals surface area contributed by atoms with Crippen LogP contribution in [-0.2, 0) is 4.74 Å². The van der Waals surface area contributed by atoms with Crippen LogP contribution in [0, 0.1) is 0 Å². The highest BCUT2D eigenvalue weighted by atomic mass is 16.6. The summed E-state index contributed by atoms with van der Waals surface area (Å²) in [5.41, 5.74) is -0.591. The van der Waals surface area contributed by atoms with Gasteiger partial charge in [0.1, 0.15) is 17.0 Å². The van der Waals surface area contributed by atoms with Gasteiger partial charge in [0, 0.05) is 0 Å². The maximum atomic E-state index is 11.6. The number of aromatic nitrogens is 2. The van der Waals surface area contributed by atoms with Gasteiger partial charge in [0.05, 0.1) is 6.20 Å². The van der Waals surface area contributed by atoms with Gasteiger partial charge in [-0.2, -0.15) is 5.10 Å². The molecule has 0 saturated heterocycles. The molecule has 0 radical (unpaired) electrons. The molecular formula is C9H13N3O4. The molecule has 1 aromatic heterocycles. The van der Waals surface area contributed by atoms with Gasteiger partial charge in [0.25, 0.3) is 0 Å². The molecule has 0 aliphatic carbocycles. The topological polar surface area (TPSA) is 104 Å². The van der Waals surface area contributed by atoms with Gasteiger partial charge in [0.2, 0.25) is 0 Å². The van der Waals surface area contributed by atoms with Crippen molar-refractivity contribution in [3.05, 3.63) is 11.8 Å². The molecule has 0 unspecified atom stereocenters. The van der Waals surface area contributed by atoms with Crippen LogP contribution in [0.5, 0.6) is 0 Å². The molecule has 7 nitrogen and oxygen atoms in total. The van der Waals surface area contributed by atoms with Crippen LogP contribution in [0.3, 0.4) is 0 Å². The smallest absolute Gasteiger partial charge is 0.410 e. The number of carboxylic acid groups (broad SMARTS) is 1. The third-order valence-electron chi connectivity index (χ3n) is 1.49. The normalized spacial score (nSPS) is 10.9. The van der Waals surface area contributed by atoms with Gasteiger partial charge in [-0.15, -0.1) is 0 Å². The molecule has 0 aromatic carbocycles. The molecule has 1 heterocycles. The Kier molecular flexibility index (Phi) is 3.17. The molecule has 1 rings (SSSR count). The molecule has 1 aromatic rings. The van der Waals surface area contributed by atoms with Crippen molar-refractivity contribution in [2.24, 2.45) is 0 Å². The molecule has 0 saturated carbocycles. The highest BCUT2D eigenvalue weighted by Crippen LogP contribution is 2.16. The molecule has 88 valence electrons. The Hall–Kier alpha value is -2.05. The van der Waals surface area contributed by atoms with Crippen molar-refractivity contribution in [1.29, 1.82) is 0 Å². The third-order valence-corrected chi connectivity index (χ3v) is 1.49. The summed E-state index contributed by atoms with van der Waals surface area (Å²) in [5.74, 6) is -0.633. The van der Waals surface area contributed by atoms with E-state index in [0.29, 0.717) is 0 Å². The van der Waals surface area contributed by atoms with Crippen molar-refractivity contribution >= 4 is 17.9 Å². The molecule has 0 atom stereocenters. The second-order valence-electron chi connectivity index (χ2n) is 4.09. The minimum Gasteiger partial charge on any atom is -0.465 e. The number of rotatable bonds is 2. The first-order chi connectivity index (χ1) is 7.29. The first-order valence-electron chi connectivity index (χ1n) is 4.56. The number of amides is 1. The largest absolute Gasteiger partial charge is 0.465 e. The van der Waals surface area contributed by atoms with Crippen molar-refractivity contribution in [2.45, 2.75) is 26.4 Å². The SMILES string of the molecule is CC(C)(C)OC(=O)c1cn[nH]c1NC(=O)O. The first-order valence-corrected chi connectivity index (χ1v) is 4.56. The molecule has 0 spiro atoms. The molecule has 0 aliphatic rings. The maximum absolute atomic E-state index is 11.6. The number of nitrogens with one attached hydrogen (secondary N) is 2. The zero-order valence-corrected chi connectivity index (χ0v) is 9.20. The highest BCUT2D eigenvalue weighted by molar-refractivity contribution is 5.98. The Morgan fingerprint density at radius 2 is 2.12 bits per heavy atom. The second-order valence-corrected chi connectivity index (χ2v) is 4.09. The van der Waals surface area contributed by atoms with Crippen molar-refractivity contribution in [1.82, 2.24) is 10.2 Å². The number of hydrogen-bond acceptors (Lipinski definition) is 4. The quantitative estimate of drug-likeness (QED) is 0.663. The monoisotopic (exact) mass is 227 g/mol. The van der Waals surface area contributed by atoms with Crippen LogP contribution in [0.15, 0.2) is 6.20 Å². The molecule has 1 amide bonds. The van der Waals surface area contributed by atoms with Gasteiger partial charge in [-0.05, 0) is 20.8 Å². The Balaban J connectivity index is 2.84. The molecule has 0 bridgehead atoms. The lowest BCUT2D eigenvalue weighted by Gasteiger charge is -2.19. The van der Waals surface area contributed by atoms with E-state index >= 15 is 0 Å². The Morgan fingerprint density at radius 1 is 1.50 bits per heavy atom. The number of esters is 1. The van der Waals surface area contributed by atoms with Crippen LogP contribution in [0.2, 0.25) is 0 Å². The van der Waals surface area contributed by atoms with E-state index in [1.165, 1.54) is 6.20 Å². The van der Waals surface area contributed by atoms with Crippen LogP contribution in [-0.4, -0.2) is 33.0 Å². The lowest BCUT2D eigenvalue weighted by atomic mass is 10.2. The summed E-state index contributed by atoms with van der Waals surface area (Å²) in [5, 5.41) is 16.5. The van der Waals surface area contributed by atoms with Crippen LogP contribution in [0.25, 0.3) is 0 Å². The maximum Gasteiger partial charge on any atom is 0.410 e. The van der Waals surface area contributed by atoms with E-state index in [1.54, 1.807) is 20.8 Å². The summed E-state index contributed by atoms with van der Waals surface area (Å²) >= 11 is 0. The first kappa shape index (κ1) is 12.0. The zero-order chi connectivity index (χ0) is 12.3. The number of H-pyrrole nitrogens is 1. The van der Waals surface area contributed by atoms with Gasteiger partial charge in [-0.25, -0.2) is 9.59 Å². The Morgan fingerprint density at radius 3 is 2.62 bits per heavy atom. The molecular weight excluding hydrogens is 214 g/mol. The number of nitrogens with zero attached hydrogens (tertiary/aromatic N) is 1. The van der Waals surface area contributed by atoms with Gasteiger partial charge < -0.3 is 9.84 Å². The molecule has 0 fully saturated rings. The van der Waals surface area contributed by atoms with E-state index in [-0.39, 0.29) is 11.4 Å². The van der Waals surface area contributed by atoms with Crippen molar-refractivity contribution in [2.75, 3.05) is 5.32 Å². The van der Waals surface area contributed by atoms with Gasteiger partial charge in [-0.1, -0.05) is 0 Å². The van der Waals surface area contributed by atoms with Gasteiger partial charge >= 0.3 is 12.1 Å². The number of ether oxygens (including phenoxy) is 1. The summed E-state index contributed by atoms with van der Waals surface area (Å²) in [6.45, 7) is 5.15. The van der Waals surface area contributed by atoms with E-state index in [2.05, 4.69) is 10.2 Å². The summed E-state index contributed by atoms with van der Waals surface area (Å²) in [4.78, 5) is 22.0. The Labute approximate surface area is 91.8 Å². The van der Waals surface area contributed by atoms with Crippen LogP contribution in [0.4, 0.5) is 10.6 Å². The summed E-state index contributed by atoms with van der Waals surface area (Å²) in [6, 6.07) is 0. The lowest BCUT2D eigenvalue weighted by molar-refractivity contribution is 0.00709. The van der Waals surface area contributed by atoms with E-state index < -0.39 is 17.7 Å². The fourth-order valence-electron chi connectivity index (χ4n) is 0.976. The summed E-state index contributed by atoms with van der Waals surface area (Å²) < 4.78 is 5.07. The molecule has 0 aliphatic heterocycles. The fourth-order valence-corrected chi connectivity index (χ4v) is 0.976. The number of anilines is 1. The zero-order valence-electron chi connectivity index (χ0n) is 9.20. The van der Waals surface area contributed by atoms with Crippen LogP contribution < -0.4 is 5.32 Å². The number of carbonyl (C=O) groups is 2. The number of aromatic amines is 1. The van der Waals surface area contributed by atoms with Crippen molar-refractivity contribution in [3.63, 3.8) is 0 Å². The van der Waals surface area contributed by atoms with Crippen LogP contribution >= 0.6 is 0 Å². The van der Waals surface area contributed by atoms with Crippen molar-refractivity contribution < 1.29 is 19.4 Å². The predicted octanol–water partition coefficient (Wildman–Crippen LogP) is 1.45. The summed E-state index contributed by atoms with van der Waals surface area (Å²) in [7, 11) is 0. The van der Waals surface area contributed by atoms with E-state index in [9.17, 15) is 9.59 Å². The van der Waals surface area contributed by atoms with E-state index in [1.807, 2.05) is 5.32 Å². The number of carbonyl (C=O) groups excluding carboxylic acids is 1. The van der Waals surface area contributed by atoms with E-state index in [0.717, 1.165) is 0 Å². The minimum atomic E-state index is -1.28.